The molecule has 2 N–H and O–H groups in total. The lowest BCUT2D eigenvalue weighted by Crippen LogP contribution is -2.01. The third kappa shape index (κ3) is 2.75. The van der Waals surface area contributed by atoms with Crippen LogP contribution in [0.1, 0.15) is 27.2 Å². The molecule has 1 aromatic heterocycles. The highest BCUT2D eigenvalue weighted by atomic mass is 16.4. The lowest BCUT2D eigenvalue weighted by atomic mass is 10.0. The van der Waals surface area contributed by atoms with Crippen molar-refractivity contribution in [3.63, 3.8) is 0 Å². The molecular weight excluding hydrogens is 214 g/mol. The molecule has 0 amide bonds. The number of aromatic carboxylic acids is 1. The van der Waals surface area contributed by atoms with E-state index in [1.807, 2.05) is 0 Å². The van der Waals surface area contributed by atoms with Crippen LogP contribution in [0.2, 0.25) is 0 Å². The predicted octanol–water partition coefficient (Wildman–Crippen LogP) is 2.81. The van der Waals surface area contributed by atoms with E-state index >= 15 is 0 Å². The molecule has 2 rings (SSSR count). The van der Waals surface area contributed by atoms with Crippen LogP contribution in [0.5, 0.6) is 0 Å². The van der Waals surface area contributed by atoms with E-state index in [4.69, 9.17) is 5.11 Å². The molecule has 88 valence electrons. The van der Waals surface area contributed by atoms with E-state index in [2.05, 4.69) is 36.2 Å². The molecule has 0 aliphatic heterocycles. The molecule has 0 aliphatic carbocycles. The smallest absolute Gasteiger partial charge is 0.337 e. The summed E-state index contributed by atoms with van der Waals surface area (Å²) in [6.45, 7) is 2.05. The van der Waals surface area contributed by atoms with Gasteiger partial charge in [0, 0.05) is 11.9 Å². The molecule has 0 atom stereocenters. The number of hydrogen-bond donors (Lipinski definition) is 2. The van der Waals surface area contributed by atoms with E-state index < -0.39 is 5.97 Å². The van der Waals surface area contributed by atoms with Crippen LogP contribution in [0.3, 0.4) is 0 Å². The SMILES string of the molecule is Cc1ccc(CCc2[nH]ccc2C(=O)O)cc1. The van der Waals surface area contributed by atoms with Crippen molar-refractivity contribution in [1.29, 1.82) is 0 Å². The van der Waals surface area contributed by atoms with E-state index in [0.717, 1.165) is 18.5 Å². The van der Waals surface area contributed by atoms with E-state index in [0.29, 0.717) is 5.56 Å². The summed E-state index contributed by atoms with van der Waals surface area (Å²) in [5, 5.41) is 8.97. The second-order valence-electron chi connectivity index (χ2n) is 4.16. The summed E-state index contributed by atoms with van der Waals surface area (Å²) < 4.78 is 0. The minimum atomic E-state index is -0.870. The molecule has 0 spiro atoms. The molecule has 0 aliphatic rings. The van der Waals surface area contributed by atoms with E-state index in [-0.39, 0.29) is 0 Å². The molecule has 2 aromatic rings. The van der Waals surface area contributed by atoms with Crippen molar-refractivity contribution in [3.05, 3.63) is 58.9 Å². The Morgan fingerprint density at radius 3 is 2.53 bits per heavy atom. The number of H-pyrrole nitrogens is 1. The normalized spacial score (nSPS) is 10.4. The fourth-order valence-corrected chi connectivity index (χ4v) is 1.84. The van der Waals surface area contributed by atoms with E-state index in [1.54, 1.807) is 12.3 Å². The van der Waals surface area contributed by atoms with Crippen LogP contribution in [0.25, 0.3) is 0 Å². The highest BCUT2D eigenvalue weighted by Crippen LogP contribution is 2.11. The van der Waals surface area contributed by atoms with Gasteiger partial charge in [0.15, 0.2) is 0 Å². The molecule has 3 heteroatoms. The summed E-state index contributed by atoms with van der Waals surface area (Å²) >= 11 is 0. The highest BCUT2D eigenvalue weighted by Gasteiger charge is 2.10. The zero-order chi connectivity index (χ0) is 12.3. The van der Waals surface area contributed by atoms with Gasteiger partial charge in [-0.1, -0.05) is 29.8 Å². The van der Waals surface area contributed by atoms with Gasteiger partial charge in [0.25, 0.3) is 0 Å². The van der Waals surface area contributed by atoms with Crippen molar-refractivity contribution in [2.24, 2.45) is 0 Å². The van der Waals surface area contributed by atoms with Gasteiger partial charge in [0.05, 0.1) is 5.56 Å². The molecule has 3 nitrogen and oxygen atoms in total. The molecule has 17 heavy (non-hydrogen) atoms. The number of carboxylic acids is 1. The number of aryl methyl sites for hydroxylation is 3. The van der Waals surface area contributed by atoms with Gasteiger partial charge in [-0.15, -0.1) is 0 Å². The first-order valence-electron chi connectivity index (χ1n) is 5.62. The minimum absolute atomic E-state index is 0.372. The number of aromatic amines is 1. The van der Waals surface area contributed by atoms with Gasteiger partial charge in [0.2, 0.25) is 0 Å². The Morgan fingerprint density at radius 2 is 1.88 bits per heavy atom. The van der Waals surface area contributed by atoms with E-state index in [1.165, 1.54) is 11.1 Å². The van der Waals surface area contributed by atoms with Crippen molar-refractivity contribution < 1.29 is 9.90 Å². The van der Waals surface area contributed by atoms with Crippen LogP contribution >= 0.6 is 0 Å². The summed E-state index contributed by atoms with van der Waals surface area (Å²) in [5.41, 5.74) is 3.62. The van der Waals surface area contributed by atoms with Gasteiger partial charge >= 0.3 is 5.97 Å². The molecule has 0 saturated carbocycles. The maximum Gasteiger partial charge on any atom is 0.337 e. The number of rotatable bonds is 4. The van der Waals surface area contributed by atoms with Crippen LogP contribution in [0, 0.1) is 6.92 Å². The fraction of sp³-hybridized carbons (Fsp3) is 0.214. The molecule has 0 bridgehead atoms. The number of benzene rings is 1. The first kappa shape index (κ1) is 11.5. The van der Waals surface area contributed by atoms with Crippen LogP contribution in [0.4, 0.5) is 0 Å². The molecule has 0 saturated heterocycles. The zero-order valence-electron chi connectivity index (χ0n) is 9.73. The second kappa shape index (κ2) is 4.87. The third-order valence-electron chi connectivity index (χ3n) is 2.85. The van der Waals surface area contributed by atoms with Gasteiger partial charge in [-0.25, -0.2) is 4.79 Å². The lowest BCUT2D eigenvalue weighted by molar-refractivity contribution is 0.0696. The number of aromatic nitrogens is 1. The predicted molar refractivity (Wildman–Crippen MR) is 66.3 cm³/mol. The molecule has 0 unspecified atom stereocenters. The Kier molecular flexibility index (Phi) is 3.28. The van der Waals surface area contributed by atoms with E-state index in [9.17, 15) is 4.79 Å². The van der Waals surface area contributed by atoms with Gasteiger partial charge in [-0.05, 0) is 31.4 Å². The summed E-state index contributed by atoms with van der Waals surface area (Å²) in [5.74, 6) is -0.870. The largest absolute Gasteiger partial charge is 0.478 e. The number of hydrogen-bond acceptors (Lipinski definition) is 1. The second-order valence-corrected chi connectivity index (χ2v) is 4.16. The fourth-order valence-electron chi connectivity index (χ4n) is 1.84. The maximum atomic E-state index is 10.9. The first-order valence-corrected chi connectivity index (χ1v) is 5.62. The topological polar surface area (TPSA) is 53.1 Å². The summed E-state index contributed by atoms with van der Waals surface area (Å²) in [4.78, 5) is 13.9. The monoisotopic (exact) mass is 229 g/mol. The number of nitrogens with one attached hydrogen (secondary N) is 1. The van der Waals surface area contributed by atoms with Crippen molar-refractivity contribution in [2.45, 2.75) is 19.8 Å². The summed E-state index contributed by atoms with van der Waals surface area (Å²) in [7, 11) is 0. The Labute approximate surface area is 100 Å². The van der Waals surface area contributed by atoms with Gasteiger partial charge in [-0.3, -0.25) is 0 Å². The van der Waals surface area contributed by atoms with Crippen LogP contribution in [-0.2, 0) is 12.8 Å². The number of carbonyl (C=O) groups is 1. The molecule has 1 heterocycles. The molecular formula is C14H15NO2. The number of carboxylic acid groups (broad SMARTS) is 1. The minimum Gasteiger partial charge on any atom is -0.478 e. The average Bonchev–Trinajstić information content (AvgIpc) is 2.76. The molecule has 0 fully saturated rings. The summed E-state index contributed by atoms with van der Waals surface area (Å²) in [6, 6.07) is 9.91. The third-order valence-corrected chi connectivity index (χ3v) is 2.85. The van der Waals surface area contributed by atoms with Crippen molar-refractivity contribution in [3.8, 4) is 0 Å². The summed E-state index contributed by atoms with van der Waals surface area (Å²) in [6.07, 6.45) is 3.24. The van der Waals surface area contributed by atoms with Gasteiger partial charge in [0.1, 0.15) is 0 Å². The zero-order valence-corrected chi connectivity index (χ0v) is 9.73. The van der Waals surface area contributed by atoms with Crippen molar-refractivity contribution in [1.82, 2.24) is 4.98 Å². The first-order chi connectivity index (χ1) is 8.16. The highest BCUT2D eigenvalue weighted by molar-refractivity contribution is 5.88. The van der Waals surface area contributed by atoms with Gasteiger partial charge in [-0.2, -0.15) is 0 Å². The Balaban J connectivity index is 2.05. The Hall–Kier alpha value is -2.03. The Morgan fingerprint density at radius 1 is 1.18 bits per heavy atom. The van der Waals surface area contributed by atoms with Crippen LogP contribution < -0.4 is 0 Å². The standard InChI is InChI=1S/C14H15NO2/c1-10-2-4-11(5-3-10)6-7-13-12(14(16)17)8-9-15-13/h2-5,8-9,15H,6-7H2,1H3,(H,16,17). The Bertz CT molecular complexity index is 511. The van der Waals surface area contributed by atoms with Gasteiger partial charge < -0.3 is 10.1 Å². The molecule has 0 radical (unpaired) electrons. The molecule has 1 aromatic carbocycles. The van der Waals surface area contributed by atoms with Crippen LogP contribution in [-0.4, -0.2) is 16.1 Å². The lowest BCUT2D eigenvalue weighted by Gasteiger charge is -2.02. The van der Waals surface area contributed by atoms with Crippen LogP contribution in [0.15, 0.2) is 36.5 Å². The van der Waals surface area contributed by atoms with Crippen molar-refractivity contribution >= 4 is 5.97 Å². The maximum absolute atomic E-state index is 10.9. The quantitative estimate of drug-likeness (QED) is 0.847. The van der Waals surface area contributed by atoms with Crippen molar-refractivity contribution in [2.75, 3.05) is 0 Å². The average molecular weight is 229 g/mol.